The maximum absolute atomic E-state index is 13.7. The second kappa shape index (κ2) is 16.8. The second-order valence-electron chi connectivity index (χ2n) is 13.3. The summed E-state index contributed by atoms with van der Waals surface area (Å²) in [5.74, 6) is 0.282. The first-order valence-corrected chi connectivity index (χ1v) is 18.4. The molecule has 1 aromatic heterocycles. The number of hydrogen-bond acceptors (Lipinski definition) is 6. The van der Waals surface area contributed by atoms with Crippen molar-refractivity contribution in [3.05, 3.63) is 121 Å². The van der Waals surface area contributed by atoms with Crippen LogP contribution in [0.1, 0.15) is 52.0 Å². The highest BCUT2D eigenvalue weighted by molar-refractivity contribution is 6.99. The van der Waals surface area contributed by atoms with Crippen molar-refractivity contribution in [3.63, 3.8) is 0 Å². The van der Waals surface area contributed by atoms with Crippen LogP contribution in [0, 0.1) is 5.92 Å². The second-order valence-corrected chi connectivity index (χ2v) is 17.6. The van der Waals surface area contributed by atoms with Gasteiger partial charge in [0.2, 0.25) is 5.91 Å². The Hall–Kier alpha value is -4.18. The lowest BCUT2D eigenvalue weighted by atomic mass is 9.98. The van der Waals surface area contributed by atoms with Gasteiger partial charge in [0.25, 0.3) is 8.32 Å². The van der Waals surface area contributed by atoms with E-state index in [1.165, 1.54) is 15.3 Å². The van der Waals surface area contributed by atoms with E-state index >= 15 is 0 Å². The number of carbonyl (C=O) groups is 2. The van der Waals surface area contributed by atoms with Gasteiger partial charge in [0.1, 0.15) is 18.4 Å². The Kier molecular flexibility index (Phi) is 12.8. The lowest BCUT2D eigenvalue weighted by molar-refractivity contribution is -0.138. The smallest absolute Gasteiger partial charge is 0.410 e. The Morgan fingerprint density at radius 1 is 0.771 bits per heavy atom. The maximum atomic E-state index is 13.7. The largest absolute Gasteiger partial charge is 0.467 e. The molecule has 256 valence electrons. The van der Waals surface area contributed by atoms with Crippen LogP contribution >= 0.6 is 0 Å². The highest BCUT2D eigenvalue weighted by Gasteiger charge is 2.50. The summed E-state index contributed by atoms with van der Waals surface area (Å²) in [6.07, 6.45) is 1.03. The minimum Gasteiger partial charge on any atom is -0.467 e. The molecule has 4 aromatic rings. The third kappa shape index (κ3) is 8.64. The van der Waals surface area contributed by atoms with Gasteiger partial charge in [-0.2, -0.15) is 0 Å². The van der Waals surface area contributed by atoms with Crippen molar-refractivity contribution in [1.82, 2.24) is 9.80 Å². The summed E-state index contributed by atoms with van der Waals surface area (Å²) < 4.78 is 24.5. The highest BCUT2D eigenvalue weighted by Crippen LogP contribution is 2.37. The topological polar surface area (TPSA) is 81.5 Å². The molecular formula is C39H50N2O6Si. The zero-order valence-corrected chi connectivity index (χ0v) is 30.3. The lowest BCUT2D eigenvalue weighted by Crippen LogP contribution is -2.66. The molecule has 0 radical (unpaired) electrons. The Bertz CT molecular complexity index is 1500. The molecule has 0 bridgehead atoms. The van der Waals surface area contributed by atoms with Gasteiger partial charge >= 0.3 is 6.09 Å². The summed E-state index contributed by atoms with van der Waals surface area (Å²) in [5.41, 5.74) is 0.874. The average Bonchev–Trinajstić information content (AvgIpc) is 3.63. The van der Waals surface area contributed by atoms with Gasteiger partial charge < -0.3 is 23.2 Å². The highest BCUT2D eigenvalue weighted by atomic mass is 28.4. The van der Waals surface area contributed by atoms with Crippen LogP contribution < -0.4 is 10.4 Å². The maximum Gasteiger partial charge on any atom is 0.410 e. The molecular weight excluding hydrogens is 621 g/mol. The number of benzene rings is 3. The van der Waals surface area contributed by atoms with E-state index in [1.807, 2.05) is 61.5 Å². The van der Waals surface area contributed by atoms with Gasteiger partial charge in [-0.25, -0.2) is 4.79 Å². The van der Waals surface area contributed by atoms with Crippen LogP contribution in [0.15, 0.2) is 114 Å². The Morgan fingerprint density at radius 3 is 1.85 bits per heavy atom. The van der Waals surface area contributed by atoms with E-state index < -0.39 is 26.5 Å². The van der Waals surface area contributed by atoms with Crippen molar-refractivity contribution in [2.45, 2.75) is 58.3 Å². The molecule has 9 heteroatoms. The van der Waals surface area contributed by atoms with Crippen LogP contribution in [0.4, 0.5) is 4.79 Å². The molecule has 48 heavy (non-hydrogen) atoms. The van der Waals surface area contributed by atoms with Gasteiger partial charge in [-0.3, -0.25) is 9.69 Å². The van der Waals surface area contributed by atoms with Gasteiger partial charge in [0.15, 0.2) is 0 Å². The molecule has 0 N–H and O–H groups in total. The average molecular weight is 671 g/mol. The zero-order valence-electron chi connectivity index (χ0n) is 29.3. The van der Waals surface area contributed by atoms with E-state index in [0.29, 0.717) is 25.6 Å². The molecule has 0 spiro atoms. The first kappa shape index (κ1) is 36.6. The van der Waals surface area contributed by atoms with Crippen LogP contribution in [0.25, 0.3) is 0 Å². The predicted molar refractivity (Wildman–Crippen MR) is 192 cm³/mol. The number of amides is 2. The summed E-state index contributed by atoms with van der Waals surface area (Å²) in [7, 11) is 0.634. The molecule has 1 heterocycles. The van der Waals surface area contributed by atoms with Crippen LogP contribution in [0.5, 0.6) is 0 Å². The van der Waals surface area contributed by atoms with Crippen molar-refractivity contribution in [2.24, 2.45) is 5.92 Å². The number of nitrogens with zero attached hydrogens (tertiary/aromatic N) is 2. The number of likely N-dealkylation sites (N-methyl/N-ethyl adjacent to an activating group) is 2. The SMILES string of the molecule is C[C@H](COCCO[Si](c1ccccc1)(c1ccccc1)C(C)(C)C)[C@@H](c1ccco1)N(C)C(=O)[C@@H](C)N(C)C(=O)OCc1ccccc1. The summed E-state index contributed by atoms with van der Waals surface area (Å²) in [6.45, 7) is 11.8. The summed E-state index contributed by atoms with van der Waals surface area (Å²) in [4.78, 5) is 29.5. The lowest BCUT2D eigenvalue weighted by Gasteiger charge is -2.43. The summed E-state index contributed by atoms with van der Waals surface area (Å²) >= 11 is 0. The molecule has 4 rings (SSSR count). The minimum atomic E-state index is -2.67. The molecule has 0 aliphatic heterocycles. The summed E-state index contributed by atoms with van der Waals surface area (Å²) in [5, 5.41) is 2.31. The van der Waals surface area contributed by atoms with E-state index in [-0.39, 0.29) is 23.5 Å². The zero-order chi connectivity index (χ0) is 34.7. The number of carbonyl (C=O) groups excluding carboxylic acids is 2. The van der Waals surface area contributed by atoms with Crippen LogP contribution in [-0.4, -0.2) is 70.1 Å². The first-order valence-electron chi connectivity index (χ1n) is 16.5. The van der Waals surface area contributed by atoms with Crippen molar-refractivity contribution >= 4 is 30.7 Å². The molecule has 3 atom stereocenters. The van der Waals surface area contributed by atoms with Crippen molar-refractivity contribution < 1.29 is 27.9 Å². The van der Waals surface area contributed by atoms with Crippen molar-refractivity contribution in [1.29, 1.82) is 0 Å². The van der Waals surface area contributed by atoms with Crippen molar-refractivity contribution in [3.8, 4) is 0 Å². The fraction of sp³-hybridized carbons (Fsp3) is 0.385. The van der Waals surface area contributed by atoms with E-state index in [1.54, 1.807) is 32.2 Å². The molecule has 0 aliphatic rings. The van der Waals surface area contributed by atoms with Crippen LogP contribution in [-0.2, 0) is 25.3 Å². The number of rotatable bonds is 15. The molecule has 0 fully saturated rings. The fourth-order valence-corrected chi connectivity index (χ4v) is 10.8. The van der Waals surface area contributed by atoms with Gasteiger partial charge in [0, 0.05) is 20.0 Å². The normalized spacial score (nSPS) is 13.7. The number of ether oxygens (including phenoxy) is 2. The molecule has 3 aromatic carbocycles. The summed E-state index contributed by atoms with van der Waals surface area (Å²) in [6, 6.07) is 33.0. The van der Waals surface area contributed by atoms with E-state index in [9.17, 15) is 9.59 Å². The third-order valence-electron chi connectivity index (χ3n) is 8.91. The van der Waals surface area contributed by atoms with Crippen LogP contribution in [0.2, 0.25) is 5.04 Å². The first-order chi connectivity index (χ1) is 23.0. The van der Waals surface area contributed by atoms with Crippen LogP contribution in [0.3, 0.4) is 0 Å². The van der Waals surface area contributed by atoms with E-state index in [4.69, 9.17) is 18.3 Å². The number of furan rings is 1. The standard InChI is InChI=1S/C39H50N2O6Si/c1-30(28-44-26-27-47-48(39(3,4)5,33-20-13-9-14-21-33)34-22-15-10-16-23-34)36(35-24-17-25-45-35)41(7)37(42)31(2)40(6)38(43)46-29-32-18-11-8-12-19-32/h8-25,30-31,36H,26-29H2,1-7H3/t30-,31-,36+/m1/s1. The van der Waals surface area contributed by atoms with E-state index in [2.05, 4.69) is 69.3 Å². The molecule has 0 saturated heterocycles. The fourth-order valence-electron chi connectivity index (χ4n) is 6.26. The molecule has 0 aliphatic carbocycles. The quantitative estimate of drug-likeness (QED) is 0.104. The Balaban J connectivity index is 1.40. The minimum absolute atomic E-state index is 0.125. The van der Waals surface area contributed by atoms with Gasteiger partial charge in [-0.15, -0.1) is 0 Å². The van der Waals surface area contributed by atoms with E-state index in [0.717, 1.165) is 5.56 Å². The van der Waals surface area contributed by atoms with Gasteiger partial charge in [-0.05, 0) is 40.0 Å². The molecule has 0 saturated carbocycles. The third-order valence-corrected chi connectivity index (χ3v) is 14.0. The van der Waals surface area contributed by atoms with Gasteiger partial charge in [-0.1, -0.05) is 119 Å². The Morgan fingerprint density at radius 2 is 1.33 bits per heavy atom. The molecule has 0 unspecified atom stereocenters. The Labute approximate surface area is 286 Å². The number of hydrogen-bond donors (Lipinski definition) is 0. The molecule has 2 amide bonds. The predicted octanol–water partition coefficient (Wildman–Crippen LogP) is 6.67. The van der Waals surface area contributed by atoms with Gasteiger partial charge in [0.05, 0.1) is 32.1 Å². The monoisotopic (exact) mass is 670 g/mol. The molecule has 8 nitrogen and oxygen atoms in total. The van der Waals surface area contributed by atoms with Crippen molar-refractivity contribution in [2.75, 3.05) is 33.9 Å².